The number of rotatable bonds is 8. The molecule has 1 saturated heterocycles. The Hall–Kier alpha value is -3.72. The summed E-state index contributed by atoms with van der Waals surface area (Å²) in [7, 11) is 0. The molecule has 0 unspecified atom stereocenters. The molecule has 1 heterocycles. The molecule has 0 spiro atoms. The van der Waals surface area contributed by atoms with Crippen LogP contribution in [-0.2, 0) is 19.1 Å². The SMILES string of the molecule is CCOc1ccc(N2C(=O)/C(=C/c3ccc(OCC(=O)OC(C)C)cc3)C(=O)NC2=S)cc1. The fourth-order valence-corrected chi connectivity index (χ4v) is 3.30. The number of nitrogens with one attached hydrogen (secondary N) is 1. The van der Waals surface area contributed by atoms with Crippen LogP contribution in [0.4, 0.5) is 5.69 Å². The number of ether oxygens (including phenoxy) is 3. The van der Waals surface area contributed by atoms with Gasteiger partial charge in [-0.1, -0.05) is 12.1 Å². The van der Waals surface area contributed by atoms with E-state index < -0.39 is 17.8 Å². The Bertz CT molecular complexity index is 1080. The summed E-state index contributed by atoms with van der Waals surface area (Å²) in [4.78, 5) is 38.4. The molecule has 2 amide bonds. The molecule has 1 aliphatic rings. The van der Waals surface area contributed by atoms with E-state index in [4.69, 9.17) is 26.4 Å². The lowest BCUT2D eigenvalue weighted by Crippen LogP contribution is -2.54. The normalized spacial score (nSPS) is 15.0. The number of benzene rings is 2. The van der Waals surface area contributed by atoms with Gasteiger partial charge in [-0.05, 0) is 81.0 Å². The summed E-state index contributed by atoms with van der Waals surface area (Å²) in [6.45, 7) is 5.70. The van der Waals surface area contributed by atoms with E-state index in [-0.39, 0.29) is 23.4 Å². The van der Waals surface area contributed by atoms with Gasteiger partial charge in [-0.15, -0.1) is 0 Å². The van der Waals surface area contributed by atoms with Crippen LogP contribution in [0.15, 0.2) is 54.1 Å². The molecule has 33 heavy (non-hydrogen) atoms. The molecular formula is C24H24N2O6S. The van der Waals surface area contributed by atoms with E-state index in [0.29, 0.717) is 29.4 Å². The summed E-state index contributed by atoms with van der Waals surface area (Å²) in [5.41, 5.74) is 1.05. The Labute approximate surface area is 197 Å². The van der Waals surface area contributed by atoms with Crippen molar-refractivity contribution in [3.05, 3.63) is 59.7 Å². The standard InChI is InChI=1S/C24H24N2O6S/c1-4-30-18-11-7-17(8-12-18)26-23(29)20(22(28)25-24(26)33)13-16-5-9-19(10-6-16)31-14-21(27)32-15(2)3/h5-13,15H,4,14H2,1-3H3,(H,25,28,33)/b20-13+. The van der Waals surface area contributed by atoms with E-state index in [1.807, 2.05) is 6.92 Å². The Morgan fingerprint density at radius 2 is 1.64 bits per heavy atom. The first-order valence-corrected chi connectivity index (χ1v) is 10.8. The minimum atomic E-state index is -0.580. The Balaban J connectivity index is 1.75. The van der Waals surface area contributed by atoms with Gasteiger partial charge in [0.2, 0.25) is 0 Å². The van der Waals surface area contributed by atoms with Crippen LogP contribution in [0.3, 0.4) is 0 Å². The Kier molecular flexibility index (Phi) is 7.78. The minimum Gasteiger partial charge on any atom is -0.494 e. The number of carbonyl (C=O) groups is 3. The third-order valence-electron chi connectivity index (χ3n) is 4.42. The predicted octanol–water partition coefficient (Wildman–Crippen LogP) is 3.25. The molecule has 1 N–H and O–H groups in total. The highest BCUT2D eigenvalue weighted by Crippen LogP contribution is 2.25. The van der Waals surface area contributed by atoms with E-state index in [0.717, 1.165) is 0 Å². The summed E-state index contributed by atoms with van der Waals surface area (Å²) in [6.07, 6.45) is 1.25. The number of hydrogen-bond donors (Lipinski definition) is 1. The summed E-state index contributed by atoms with van der Waals surface area (Å²) < 4.78 is 15.8. The maximum absolute atomic E-state index is 13.1. The fourth-order valence-electron chi connectivity index (χ4n) is 3.02. The average molecular weight is 469 g/mol. The third-order valence-corrected chi connectivity index (χ3v) is 4.71. The van der Waals surface area contributed by atoms with Crippen LogP contribution in [0.5, 0.6) is 11.5 Å². The van der Waals surface area contributed by atoms with Gasteiger partial charge in [0.25, 0.3) is 11.8 Å². The third kappa shape index (κ3) is 6.17. The van der Waals surface area contributed by atoms with Crippen LogP contribution < -0.4 is 19.7 Å². The van der Waals surface area contributed by atoms with Crippen LogP contribution in [0, 0.1) is 0 Å². The van der Waals surface area contributed by atoms with Gasteiger partial charge < -0.3 is 14.2 Å². The number of thiocarbonyl (C=S) groups is 1. The zero-order chi connectivity index (χ0) is 24.0. The molecular weight excluding hydrogens is 444 g/mol. The van der Waals surface area contributed by atoms with Gasteiger partial charge in [0.1, 0.15) is 17.1 Å². The first-order chi connectivity index (χ1) is 15.8. The molecule has 0 aromatic heterocycles. The largest absolute Gasteiger partial charge is 0.494 e. The molecule has 0 bridgehead atoms. The average Bonchev–Trinajstić information content (AvgIpc) is 2.77. The lowest BCUT2D eigenvalue weighted by Gasteiger charge is -2.29. The monoisotopic (exact) mass is 468 g/mol. The number of carbonyl (C=O) groups excluding carboxylic acids is 3. The number of nitrogens with zero attached hydrogens (tertiary/aromatic N) is 1. The summed E-state index contributed by atoms with van der Waals surface area (Å²) in [5.74, 6) is -0.467. The van der Waals surface area contributed by atoms with Crippen molar-refractivity contribution in [3.8, 4) is 11.5 Å². The zero-order valence-corrected chi connectivity index (χ0v) is 19.3. The van der Waals surface area contributed by atoms with E-state index in [2.05, 4.69) is 5.32 Å². The number of amides is 2. The molecule has 2 aromatic rings. The van der Waals surface area contributed by atoms with Gasteiger partial charge in [0.05, 0.1) is 18.4 Å². The van der Waals surface area contributed by atoms with E-state index in [1.165, 1.54) is 11.0 Å². The van der Waals surface area contributed by atoms with Crippen molar-refractivity contribution in [1.29, 1.82) is 0 Å². The lowest BCUT2D eigenvalue weighted by molar-refractivity contribution is -0.149. The van der Waals surface area contributed by atoms with E-state index in [9.17, 15) is 14.4 Å². The van der Waals surface area contributed by atoms with E-state index >= 15 is 0 Å². The highest BCUT2D eigenvalue weighted by atomic mass is 32.1. The summed E-state index contributed by atoms with van der Waals surface area (Å²) in [5, 5.41) is 2.55. The van der Waals surface area contributed by atoms with E-state index in [1.54, 1.807) is 62.4 Å². The van der Waals surface area contributed by atoms with Crippen molar-refractivity contribution in [2.45, 2.75) is 26.9 Å². The molecule has 0 atom stereocenters. The second-order valence-electron chi connectivity index (χ2n) is 7.28. The highest BCUT2D eigenvalue weighted by molar-refractivity contribution is 7.80. The fraction of sp³-hybridized carbons (Fsp3) is 0.250. The molecule has 0 aliphatic carbocycles. The highest BCUT2D eigenvalue weighted by Gasteiger charge is 2.34. The van der Waals surface area contributed by atoms with Crippen LogP contribution in [0.1, 0.15) is 26.3 Å². The molecule has 0 saturated carbocycles. The maximum Gasteiger partial charge on any atom is 0.344 e. The number of anilines is 1. The Morgan fingerprint density at radius 1 is 1.03 bits per heavy atom. The predicted molar refractivity (Wildman–Crippen MR) is 127 cm³/mol. The first-order valence-electron chi connectivity index (χ1n) is 10.3. The van der Waals surface area contributed by atoms with Gasteiger partial charge in [0, 0.05) is 0 Å². The molecule has 9 heteroatoms. The van der Waals surface area contributed by atoms with Crippen molar-refractivity contribution in [2.24, 2.45) is 0 Å². The lowest BCUT2D eigenvalue weighted by atomic mass is 10.1. The molecule has 2 aromatic carbocycles. The smallest absolute Gasteiger partial charge is 0.344 e. The topological polar surface area (TPSA) is 94.2 Å². The van der Waals surface area contributed by atoms with Crippen molar-refractivity contribution < 1.29 is 28.6 Å². The van der Waals surface area contributed by atoms with Gasteiger partial charge in [-0.2, -0.15) is 0 Å². The van der Waals surface area contributed by atoms with Gasteiger partial charge in [-0.3, -0.25) is 19.8 Å². The molecule has 1 fully saturated rings. The van der Waals surface area contributed by atoms with Crippen LogP contribution >= 0.6 is 12.2 Å². The molecule has 3 rings (SSSR count). The minimum absolute atomic E-state index is 0.00309. The summed E-state index contributed by atoms with van der Waals surface area (Å²) in [6, 6.07) is 13.5. The quantitative estimate of drug-likeness (QED) is 0.275. The zero-order valence-electron chi connectivity index (χ0n) is 18.5. The van der Waals surface area contributed by atoms with Crippen molar-refractivity contribution in [2.75, 3.05) is 18.1 Å². The van der Waals surface area contributed by atoms with Gasteiger partial charge in [0.15, 0.2) is 11.7 Å². The second kappa shape index (κ2) is 10.7. The van der Waals surface area contributed by atoms with Gasteiger partial charge >= 0.3 is 5.97 Å². The Morgan fingerprint density at radius 3 is 2.24 bits per heavy atom. The van der Waals surface area contributed by atoms with Crippen LogP contribution in [-0.4, -0.2) is 42.2 Å². The molecule has 172 valence electrons. The van der Waals surface area contributed by atoms with Crippen molar-refractivity contribution in [1.82, 2.24) is 5.32 Å². The second-order valence-corrected chi connectivity index (χ2v) is 7.67. The number of hydrogen-bond acceptors (Lipinski definition) is 7. The number of esters is 1. The molecule has 1 aliphatic heterocycles. The van der Waals surface area contributed by atoms with Crippen LogP contribution in [0.2, 0.25) is 0 Å². The van der Waals surface area contributed by atoms with Crippen LogP contribution in [0.25, 0.3) is 6.08 Å². The molecule has 0 radical (unpaired) electrons. The van der Waals surface area contributed by atoms with Crippen molar-refractivity contribution >= 4 is 46.9 Å². The maximum atomic E-state index is 13.1. The van der Waals surface area contributed by atoms with Gasteiger partial charge in [-0.25, -0.2) is 4.79 Å². The molecule has 8 nitrogen and oxygen atoms in total. The first kappa shape index (κ1) is 23.9. The van der Waals surface area contributed by atoms with Crippen molar-refractivity contribution in [3.63, 3.8) is 0 Å². The summed E-state index contributed by atoms with van der Waals surface area (Å²) >= 11 is 5.22.